The number of pyridine rings is 2. The van der Waals surface area contributed by atoms with Crippen LogP contribution in [0.15, 0.2) is 47.6 Å². The minimum absolute atomic E-state index is 0.355. The molecule has 0 aliphatic rings. The van der Waals surface area contributed by atoms with Crippen molar-refractivity contribution in [3.8, 4) is 0 Å². The van der Waals surface area contributed by atoms with Gasteiger partial charge in [0.2, 0.25) is 0 Å². The number of aromatic nitrogens is 2. The number of nitrogens with zero attached hydrogens (tertiary/aromatic N) is 2. The molecule has 2 heterocycles. The van der Waals surface area contributed by atoms with Gasteiger partial charge in [0.15, 0.2) is 5.03 Å². The van der Waals surface area contributed by atoms with E-state index in [2.05, 4.69) is 9.97 Å². The van der Waals surface area contributed by atoms with Crippen molar-refractivity contribution in [2.45, 2.75) is 5.03 Å². The monoisotopic (exact) mass is 260 g/mol. The summed E-state index contributed by atoms with van der Waals surface area (Å²) in [4.78, 5) is 8.17. The summed E-state index contributed by atoms with van der Waals surface area (Å²) in [6.45, 7) is 0. The summed E-state index contributed by atoms with van der Waals surface area (Å²) < 4.78 is 31.2. The SMILES string of the molecule is O=S(=O)(O)c1ccc2ccc3ncccc3c2n1. The average Bonchev–Trinajstić information content (AvgIpc) is 2.37. The first-order valence-corrected chi connectivity index (χ1v) is 6.62. The molecule has 0 aliphatic carbocycles. The molecule has 5 nitrogen and oxygen atoms in total. The van der Waals surface area contributed by atoms with Gasteiger partial charge < -0.3 is 0 Å². The Morgan fingerprint density at radius 3 is 2.61 bits per heavy atom. The van der Waals surface area contributed by atoms with Crippen LogP contribution >= 0.6 is 0 Å². The van der Waals surface area contributed by atoms with Crippen molar-refractivity contribution in [3.63, 3.8) is 0 Å². The van der Waals surface area contributed by atoms with Crippen molar-refractivity contribution in [1.82, 2.24) is 9.97 Å². The largest absolute Gasteiger partial charge is 0.312 e. The van der Waals surface area contributed by atoms with Crippen molar-refractivity contribution in [3.05, 3.63) is 42.6 Å². The van der Waals surface area contributed by atoms with Gasteiger partial charge in [0.1, 0.15) is 0 Å². The van der Waals surface area contributed by atoms with Crippen molar-refractivity contribution in [2.24, 2.45) is 0 Å². The van der Waals surface area contributed by atoms with Crippen LogP contribution < -0.4 is 0 Å². The van der Waals surface area contributed by atoms with E-state index in [-0.39, 0.29) is 5.03 Å². The molecule has 6 heteroatoms. The van der Waals surface area contributed by atoms with Crippen molar-refractivity contribution < 1.29 is 13.0 Å². The van der Waals surface area contributed by atoms with Crippen LogP contribution in [0.3, 0.4) is 0 Å². The van der Waals surface area contributed by atoms with Gasteiger partial charge in [-0.25, -0.2) is 4.98 Å². The summed E-state index contributed by atoms with van der Waals surface area (Å²) in [5, 5.41) is 1.19. The van der Waals surface area contributed by atoms with E-state index in [1.807, 2.05) is 18.2 Å². The van der Waals surface area contributed by atoms with Crippen LogP contribution in [0.4, 0.5) is 0 Å². The lowest BCUT2D eigenvalue weighted by Crippen LogP contribution is -2.01. The van der Waals surface area contributed by atoms with Crippen molar-refractivity contribution in [2.75, 3.05) is 0 Å². The topological polar surface area (TPSA) is 80.2 Å². The zero-order valence-electron chi connectivity index (χ0n) is 9.11. The quantitative estimate of drug-likeness (QED) is 0.535. The lowest BCUT2D eigenvalue weighted by atomic mass is 10.1. The molecule has 0 atom stereocenters. The number of hydrogen-bond acceptors (Lipinski definition) is 4. The van der Waals surface area contributed by atoms with Gasteiger partial charge in [-0.1, -0.05) is 6.07 Å². The Morgan fingerprint density at radius 2 is 1.83 bits per heavy atom. The second kappa shape index (κ2) is 3.72. The number of hydrogen-bond donors (Lipinski definition) is 1. The van der Waals surface area contributed by atoms with E-state index in [9.17, 15) is 8.42 Å². The fourth-order valence-electron chi connectivity index (χ4n) is 1.87. The fraction of sp³-hybridized carbons (Fsp3) is 0. The van der Waals surface area contributed by atoms with E-state index in [0.29, 0.717) is 5.52 Å². The van der Waals surface area contributed by atoms with Gasteiger partial charge in [0.05, 0.1) is 11.0 Å². The Hall–Kier alpha value is -2.05. The molecule has 0 fully saturated rings. The summed E-state index contributed by atoms with van der Waals surface area (Å²) in [6, 6.07) is 10.1. The van der Waals surface area contributed by atoms with E-state index in [4.69, 9.17) is 4.55 Å². The maximum atomic E-state index is 11.1. The van der Waals surface area contributed by atoms with Crippen LogP contribution in [0.25, 0.3) is 21.8 Å². The first kappa shape index (κ1) is 11.1. The number of benzene rings is 1. The third-order valence-electron chi connectivity index (χ3n) is 2.68. The van der Waals surface area contributed by atoms with Crippen molar-refractivity contribution in [1.29, 1.82) is 0 Å². The Labute approximate surface area is 103 Å². The second-order valence-electron chi connectivity index (χ2n) is 3.83. The van der Waals surface area contributed by atoms with Gasteiger partial charge >= 0.3 is 10.1 Å². The molecule has 3 aromatic rings. The Balaban J connectivity index is 2.48. The zero-order valence-corrected chi connectivity index (χ0v) is 9.92. The standard InChI is InChI=1S/C12H8N2O3S/c15-18(16,17)11-6-4-8-3-5-10-9(12(8)14-11)2-1-7-13-10/h1-7H,(H,15,16,17). The molecule has 3 rings (SSSR count). The molecule has 0 unspecified atom stereocenters. The summed E-state index contributed by atoms with van der Waals surface area (Å²) in [5.41, 5.74) is 1.24. The molecule has 0 bridgehead atoms. The first-order chi connectivity index (χ1) is 8.55. The van der Waals surface area contributed by atoms with E-state index < -0.39 is 10.1 Å². The molecule has 0 aliphatic heterocycles. The highest BCUT2D eigenvalue weighted by molar-refractivity contribution is 7.85. The van der Waals surface area contributed by atoms with E-state index in [0.717, 1.165) is 16.3 Å². The summed E-state index contributed by atoms with van der Waals surface area (Å²) in [6.07, 6.45) is 1.65. The van der Waals surface area contributed by atoms with Gasteiger partial charge in [-0.2, -0.15) is 8.42 Å². The predicted molar refractivity (Wildman–Crippen MR) is 66.9 cm³/mol. The van der Waals surface area contributed by atoms with Gasteiger partial charge in [-0.3, -0.25) is 9.54 Å². The van der Waals surface area contributed by atoms with Crippen LogP contribution in [-0.2, 0) is 10.1 Å². The third kappa shape index (κ3) is 1.71. The number of rotatable bonds is 1. The maximum Gasteiger partial charge on any atom is 0.312 e. The van der Waals surface area contributed by atoms with Gasteiger partial charge in [0, 0.05) is 17.0 Å². The van der Waals surface area contributed by atoms with Gasteiger partial charge in [-0.05, 0) is 30.3 Å². The molecular formula is C12H8N2O3S. The second-order valence-corrected chi connectivity index (χ2v) is 5.20. The summed E-state index contributed by atoms with van der Waals surface area (Å²) >= 11 is 0. The highest BCUT2D eigenvalue weighted by atomic mass is 32.2. The normalized spacial score (nSPS) is 12.1. The van der Waals surface area contributed by atoms with E-state index >= 15 is 0 Å². The molecule has 2 aromatic heterocycles. The lowest BCUT2D eigenvalue weighted by Gasteiger charge is -2.03. The van der Waals surface area contributed by atoms with Crippen LogP contribution in [0, 0.1) is 0 Å². The lowest BCUT2D eigenvalue weighted by molar-refractivity contribution is 0.480. The minimum Gasteiger partial charge on any atom is -0.281 e. The smallest absolute Gasteiger partial charge is 0.281 e. The Morgan fingerprint density at radius 1 is 1.06 bits per heavy atom. The number of fused-ring (bicyclic) bond motifs is 3. The molecule has 1 aromatic carbocycles. The summed E-state index contributed by atoms with van der Waals surface area (Å²) in [7, 11) is -4.29. The molecule has 0 spiro atoms. The molecule has 0 saturated carbocycles. The highest BCUT2D eigenvalue weighted by Gasteiger charge is 2.12. The van der Waals surface area contributed by atoms with Gasteiger partial charge in [-0.15, -0.1) is 0 Å². The fourth-order valence-corrected chi connectivity index (χ4v) is 2.31. The summed E-state index contributed by atoms with van der Waals surface area (Å²) in [5.74, 6) is 0. The van der Waals surface area contributed by atoms with Crippen LogP contribution in [0.5, 0.6) is 0 Å². The zero-order chi connectivity index (χ0) is 12.8. The van der Waals surface area contributed by atoms with Gasteiger partial charge in [0.25, 0.3) is 0 Å². The molecule has 90 valence electrons. The molecule has 0 amide bonds. The van der Waals surface area contributed by atoms with E-state index in [1.54, 1.807) is 18.3 Å². The minimum atomic E-state index is -4.29. The molecule has 0 saturated heterocycles. The molecule has 0 radical (unpaired) electrons. The third-order valence-corrected chi connectivity index (χ3v) is 3.44. The van der Waals surface area contributed by atoms with Crippen LogP contribution in [0.2, 0.25) is 0 Å². The van der Waals surface area contributed by atoms with Crippen molar-refractivity contribution >= 4 is 31.9 Å². The average molecular weight is 260 g/mol. The Kier molecular flexibility index (Phi) is 2.29. The molecule has 1 N–H and O–H groups in total. The molecule has 18 heavy (non-hydrogen) atoms. The molecular weight excluding hydrogens is 252 g/mol. The van der Waals surface area contributed by atoms with Crippen LogP contribution in [0.1, 0.15) is 0 Å². The van der Waals surface area contributed by atoms with E-state index in [1.165, 1.54) is 6.07 Å². The first-order valence-electron chi connectivity index (χ1n) is 5.18. The predicted octanol–water partition coefficient (Wildman–Crippen LogP) is 2.03. The van der Waals surface area contributed by atoms with Crippen LogP contribution in [-0.4, -0.2) is 22.9 Å². The highest BCUT2D eigenvalue weighted by Crippen LogP contribution is 2.23. The Bertz CT molecular complexity index is 859. The maximum absolute atomic E-state index is 11.1.